The van der Waals surface area contributed by atoms with E-state index in [4.69, 9.17) is 4.98 Å². The van der Waals surface area contributed by atoms with Crippen molar-refractivity contribution in [2.24, 2.45) is 0 Å². The van der Waals surface area contributed by atoms with Gasteiger partial charge in [0.15, 0.2) is 4.96 Å². The van der Waals surface area contributed by atoms with Gasteiger partial charge in [-0.3, -0.25) is 14.0 Å². The summed E-state index contributed by atoms with van der Waals surface area (Å²) in [6.45, 7) is 1.85. The van der Waals surface area contributed by atoms with Crippen molar-refractivity contribution in [3.63, 3.8) is 0 Å². The van der Waals surface area contributed by atoms with Crippen LogP contribution in [0.5, 0.6) is 0 Å². The van der Waals surface area contributed by atoms with Crippen LogP contribution in [0, 0.1) is 0 Å². The van der Waals surface area contributed by atoms with Crippen molar-refractivity contribution in [1.29, 1.82) is 0 Å². The first kappa shape index (κ1) is 21.6. The van der Waals surface area contributed by atoms with Gasteiger partial charge in [0.05, 0.1) is 15.9 Å². The maximum atomic E-state index is 12.7. The normalized spacial score (nSPS) is 16.5. The molecule has 1 saturated heterocycles. The van der Waals surface area contributed by atoms with Gasteiger partial charge in [0, 0.05) is 42.5 Å². The van der Waals surface area contributed by atoms with Crippen LogP contribution in [0.4, 0.5) is 0 Å². The van der Waals surface area contributed by atoms with Crippen LogP contribution in [0.25, 0.3) is 26.4 Å². The van der Waals surface area contributed by atoms with Crippen LogP contribution in [-0.4, -0.2) is 59.3 Å². The first-order chi connectivity index (χ1) is 16.0. The standard InChI is InChI=1S/C25H27N5O2S/c1-26-23(31)17-7-5-16(6-8-17)20-15-30-21-10-9-18(14-22(21)33-25(30)28-20)24(32)27-12-11-19-4-3-13-29(19)2/h5-10,14-15,19H,3-4,11-13H2,1-2H3,(H,26,31)(H,27,32)/t19-/m0/s1. The molecule has 0 radical (unpaired) electrons. The zero-order valence-electron chi connectivity index (χ0n) is 18.8. The fourth-order valence-electron chi connectivity index (χ4n) is 4.52. The topological polar surface area (TPSA) is 78.7 Å². The zero-order valence-corrected chi connectivity index (χ0v) is 19.6. The van der Waals surface area contributed by atoms with Crippen molar-refractivity contribution < 1.29 is 9.59 Å². The number of nitrogens with one attached hydrogen (secondary N) is 2. The lowest BCUT2D eigenvalue weighted by molar-refractivity contribution is 0.0946. The third kappa shape index (κ3) is 4.24. The van der Waals surface area contributed by atoms with Gasteiger partial charge in [0.2, 0.25) is 0 Å². The smallest absolute Gasteiger partial charge is 0.251 e. The molecule has 170 valence electrons. The van der Waals surface area contributed by atoms with Crippen molar-refractivity contribution in [1.82, 2.24) is 24.9 Å². The number of fused-ring (bicyclic) bond motifs is 3. The lowest BCUT2D eigenvalue weighted by atomic mass is 10.1. The maximum absolute atomic E-state index is 12.7. The summed E-state index contributed by atoms with van der Waals surface area (Å²) in [5.74, 6) is -0.135. The predicted octanol–water partition coefficient (Wildman–Crippen LogP) is 3.79. The van der Waals surface area contributed by atoms with Gasteiger partial charge in [-0.1, -0.05) is 23.5 Å². The number of thiazole rings is 1. The van der Waals surface area contributed by atoms with Gasteiger partial charge in [0.25, 0.3) is 11.8 Å². The van der Waals surface area contributed by atoms with Gasteiger partial charge in [0.1, 0.15) is 0 Å². The van der Waals surface area contributed by atoms with Crippen LogP contribution in [0.1, 0.15) is 40.0 Å². The van der Waals surface area contributed by atoms with Crippen molar-refractivity contribution in [2.45, 2.75) is 25.3 Å². The number of imidazole rings is 1. The molecular formula is C25H27N5O2S. The minimum absolute atomic E-state index is 0.0273. The number of likely N-dealkylation sites (tertiary alicyclic amines) is 1. The number of carbonyl (C=O) groups excluding carboxylic acids is 2. The van der Waals surface area contributed by atoms with Crippen LogP contribution >= 0.6 is 11.3 Å². The maximum Gasteiger partial charge on any atom is 0.251 e. The molecule has 1 aliphatic heterocycles. The van der Waals surface area contributed by atoms with E-state index in [0.29, 0.717) is 23.7 Å². The summed E-state index contributed by atoms with van der Waals surface area (Å²) in [6, 6.07) is 13.8. The summed E-state index contributed by atoms with van der Waals surface area (Å²) >= 11 is 1.57. The molecular weight excluding hydrogens is 434 g/mol. The quantitative estimate of drug-likeness (QED) is 0.458. The third-order valence-corrected chi connectivity index (χ3v) is 7.48. The summed E-state index contributed by atoms with van der Waals surface area (Å²) in [7, 11) is 3.78. The van der Waals surface area contributed by atoms with Gasteiger partial charge < -0.3 is 15.5 Å². The van der Waals surface area contributed by atoms with Crippen LogP contribution in [0.3, 0.4) is 0 Å². The summed E-state index contributed by atoms with van der Waals surface area (Å²) in [5, 5.41) is 5.70. The highest BCUT2D eigenvalue weighted by atomic mass is 32.1. The highest BCUT2D eigenvalue weighted by molar-refractivity contribution is 7.23. The summed E-state index contributed by atoms with van der Waals surface area (Å²) in [6.07, 6.45) is 5.45. The average molecular weight is 462 g/mol. The molecule has 0 unspecified atom stereocenters. The molecule has 7 nitrogen and oxygen atoms in total. The van der Waals surface area contributed by atoms with Crippen LogP contribution in [0.2, 0.25) is 0 Å². The van der Waals surface area contributed by atoms with Crippen LogP contribution < -0.4 is 10.6 Å². The van der Waals surface area contributed by atoms with E-state index in [9.17, 15) is 9.59 Å². The zero-order chi connectivity index (χ0) is 22.9. The van der Waals surface area contributed by atoms with Crippen molar-refractivity contribution in [3.8, 4) is 11.3 Å². The molecule has 0 saturated carbocycles. The highest BCUT2D eigenvalue weighted by Gasteiger charge is 2.20. The van der Waals surface area contributed by atoms with E-state index in [0.717, 1.165) is 39.4 Å². The Morgan fingerprint density at radius 3 is 2.64 bits per heavy atom. The molecule has 3 heterocycles. The molecule has 5 rings (SSSR count). The Morgan fingerprint density at radius 2 is 1.91 bits per heavy atom. The van der Waals surface area contributed by atoms with Crippen LogP contribution in [-0.2, 0) is 0 Å². The van der Waals surface area contributed by atoms with E-state index in [1.165, 1.54) is 12.8 Å². The Morgan fingerprint density at radius 1 is 1.12 bits per heavy atom. The molecule has 1 aliphatic rings. The second-order valence-electron chi connectivity index (χ2n) is 8.54. The first-order valence-electron chi connectivity index (χ1n) is 11.3. The lowest BCUT2D eigenvalue weighted by Crippen LogP contribution is -2.31. The van der Waals surface area contributed by atoms with E-state index in [1.807, 2.05) is 36.5 Å². The monoisotopic (exact) mass is 461 g/mol. The largest absolute Gasteiger partial charge is 0.355 e. The van der Waals surface area contributed by atoms with E-state index in [1.54, 1.807) is 30.5 Å². The van der Waals surface area contributed by atoms with E-state index in [2.05, 4.69) is 27.0 Å². The van der Waals surface area contributed by atoms with Gasteiger partial charge in [-0.25, -0.2) is 4.98 Å². The van der Waals surface area contributed by atoms with Gasteiger partial charge >= 0.3 is 0 Å². The molecule has 2 amide bonds. The van der Waals surface area contributed by atoms with Crippen LogP contribution in [0.15, 0.2) is 48.7 Å². The molecule has 2 aromatic carbocycles. The number of amides is 2. The molecule has 0 aliphatic carbocycles. The molecule has 4 aromatic rings. The molecule has 2 aromatic heterocycles. The van der Waals surface area contributed by atoms with Gasteiger partial charge in [-0.15, -0.1) is 0 Å². The number of hydrogen-bond acceptors (Lipinski definition) is 5. The second-order valence-corrected chi connectivity index (χ2v) is 9.55. The number of carbonyl (C=O) groups is 2. The summed E-state index contributed by atoms with van der Waals surface area (Å²) in [4.78, 5) is 32.4. The van der Waals surface area contributed by atoms with E-state index >= 15 is 0 Å². The first-order valence-corrected chi connectivity index (χ1v) is 12.1. The van der Waals surface area contributed by atoms with Gasteiger partial charge in [-0.05, 0) is 63.2 Å². The molecule has 8 heteroatoms. The predicted molar refractivity (Wildman–Crippen MR) is 132 cm³/mol. The Balaban J connectivity index is 1.31. The minimum Gasteiger partial charge on any atom is -0.355 e. The molecule has 2 N–H and O–H groups in total. The molecule has 1 fully saturated rings. The Kier molecular flexibility index (Phi) is 5.86. The number of hydrogen-bond donors (Lipinski definition) is 2. The SMILES string of the molecule is CNC(=O)c1ccc(-c2cn3c(n2)sc2cc(C(=O)NCC[C@@H]4CCCN4C)ccc23)cc1. The lowest BCUT2D eigenvalue weighted by Gasteiger charge is -2.19. The van der Waals surface area contributed by atoms with E-state index < -0.39 is 0 Å². The average Bonchev–Trinajstić information content (AvgIpc) is 3.52. The van der Waals surface area contributed by atoms with Gasteiger partial charge in [-0.2, -0.15) is 0 Å². The minimum atomic E-state index is -0.107. The summed E-state index contributed by atoms with van der Waals surface area (Å²) < 4.78 is 3.08. The van der Waals surface area contributed by atoms with E-state index in [-0.39, 0.29) is 11.8 Å². The summed E-state index contributed by atoms with van der Waals surface area (Å²) in [5.41, 5.74) is 4.13. The second kappa shape index (κ2) is 8.96. The number of rotatable bonds is 6. The third-order valence-electron chi connectivity index (χ3n) is 6.46. The molecule has 0 spiro atoms. The Bertz CT molecular complexity index is 1320. The van der Waals surface area contributed by atoms with Crippen molar-refractivity contribution in [2.75, 3.05) is 27.2 Å². The Labute approximate surface area is 196 Å². The fraction of sp³-hybridized carbons (Fsp3) is 0.320. The number of aromatic nitrogens is 2. The fourth-order valence-corrected chi connectivity index (χ4v) is 5.56. The molecule has 0 bridgehead atoms. The Hall–Kier alpha value is -3.23. The molecule has 1 atom stereocenters. The van der Waals surface area contributed by atoms with Crippen molar-refractivity contribution in [3.05, 3.63) is 59.8 Å². The highest BCUT2D eigenvalue weighted by Crippen LogP contribution is 2.30. The number of benzene rings is 2. The van der Waals surface area contributed by atoms with Crippen molar-refractivity contribution >= 4 is 38.3 Å². The molecule has 33 heavy (non-hydrogen) atoms. The number of nitrogens with zero attached hydrogens (tertiary/aromatic N) is 3.